The Morgan fingerprint density at radius 3 is 2.53 bits per heavy atom. The predicted molar refractivity (Wildman–Crippen MR) is 49.2 cm³/mol. The number of nitriles is 1. The maximum absolute atomic E-state index is 11.6. The SMILES string of the molecule is CN(CCC#N)CCCOCC(F)(F)F. The molecule has 6 heteroatoms. The van der Waals surface area contributed by atoms with Crippen molar-refractivity contribution in [2.75, 3.05) is 33.4 Å². The summed E-state index contributed by atoms with van der Waals surface area (Å²) in [6.45, 7) is 0.181. The van der Waals surface area contributed by atoms with E-state index in [2.05, 4.69) is 4.74 Å². The van der Waals surface area contributed by atoms with Gasteiger partial charge in [-0.3, -0.25) is 0 Å². The number of alkyl halides is 3. The summed E-state index contributed by atoms with van der Waals surface area (Å²) < 4.78 is 39.3. The normalized spacial score (nSPS) is 11.7. The van der Waals surface area contributed by atoms with Crippen molar-refractivity contribution in [3.8, 4) is 6.07 Å². The first-order chi connectivity index (χ1) is 6.95. The summed E-state index contributed by atoms with van der Waals surface area (Å²) in [7, 11) is 1.82. The van der Waals surface area contributed by atoms with Crippen molar-refractivity contribution in [3.63, 3.8) is 0 Å². The van der Waals surface area contributed by atoms with Gasteiger partial charge in [0.2, 0.25) is 0 Å². The summed E-state index contributed by atoms with van der Waals surface area (Å²) in [4.78, 5) is 1.89. The van der Waals surface area contributed by atoms with Gasteiger partial charge >= 0.3 is 6.18 Å². The molecule has 0 aromatic carbocycles. The number of rotatable bonds is 7. The summed E-state index contributed by atoms with van der Waals surface area (Å²) in [6, 6.07) is 2.00. The van der Waals surface area contributed by atoms with Gasteiger partial charge < -0.3 is 9.64 Å². The molecule has 0 bridgehead atoms. The van der Waals surface area contributed by atoms with Crippen LogP contribution in [0.4, 0.5) is 13.2 Å². The molecule has 0 spiro atoms. The zero-order chi connectivity index (χ0) is 11.7. The molecule has 0 aliphatic carbocycles. The molecule has 0 heterocycles. The third kappa shape index (κ3) is 11.1. The summed E-state index contributed by atoms with van der Waals surface area (Å²) >= 11 is 0. The Morgan fingerprint density at radius 1 is 1.33 bits per heavy atom. The highest BCUT2D eigenvalue weighted by molar-refractivity contribution is 4.70. The summed E-state index contributed by atoms with van der Waals surface area (Å²) in [5.74, 6) is 0. The molecule has 0 amide bonds. The van der Waals surface area contributed by atoms with Crippen molar-refractivity contribution in [1.29, 1.82) is 5.26 Å². The number of hydrogen-bond donors (Lipinski definition) is 0. The average Bonchev–Trinajstić information content (AvgIpc) is 2.12. The first-order valence-electron chi connectivity index (χ1n) is 4.65. The van der Waals surface area contributed by atoms with Gasteiger partial charge in [-0.05, 0) is 13.5 Å². The van der Waals surface area contributed by atoms with Crippen LogP contribution in [-0.2, 0) is 4.74 Å². The Kier molecular flexibility index (Phi) is 7.09. The second-order valence-corrected chi connectivity index (χ2v) is 3.23. The van der Waals surface area contributed by atoms with Crippen LogP contribution >= 0.6 is 0 Å². The van der Waals surface area contributed by atoms with Gasteiger partial charge in [-0.1, -0.05) is 0 Å². The maximum Gasteiger partial charge on any atom is 0.411 e. The van der Waals surface area contributed by atoms with Gasteiger partial charge in [-0.2, -0.15) is 18.4 Å². The molecule has 0 fully saturated rings. The number of ether oxygens (including phenoxy) is 1. The third-order valence-electron chi connectivity index (χ3n) is 1.70. The van der Waals surface area contributed by atoms with Gasteiger partial charge in [-0.15, -0.1) is 0 Å². The summed E-state index contributed by atoms with van der Waals surface area (Å²) in [5.41, 5.74) is 0. The monoisotopic (exact) mass is 224 g/mol. The van der Waals surface area contributed by atoms with Gasteiger partial charge in [0.05, 0.1) is 6.07 Å². The van der Waals surface area contributed by atoms with Crippen molar-refractivity contribution in [2.45, 2.75) is 19.0 Å². The maximum atomic E-state index is 11.6. The Balaban J connectivity index is 3.28. The van der Waals surface area contributed by atoms with Gasteiger partial charge in [0.1, 0.15) is 6.61 Å². The van der Waals surface area contributed by atoms with Crippen molar-refractivity contribution in [2.24, 2.45) is 0 Å². The van der Waals surface area contributed by atoms with Crippen LogP contribution in [0.25, 0.3) is 0 Å². The van der Waals surface area contributed by atoms with Gasteiger partial charge in [0, 0.05) is 26.1 Å². The summed E-state index contributed by atoms with van der Waals surface area (Å²) in [6.07, 6.45) is -3.27. The van der Waals surface area contributed by atoms with E-state index in [0.717, 1.165) is 0 Å². The lowest BCUT2D eigenvalue weighted by Crippen LogP contribution is -2.23. The highest BCUT2D eigenvalue weighted by Gasteiger charge is 2.27. The Bertz CT molecular complexity index is 201. The van der Waals surface area contributed by atoms with Crippen LogP contribution in [0.2, 0.25) is 0 Å². The zero-order valence-electron chi connectivity index (χ0n) is 8.68. The Labute approximate surface area is 87.4 Å². The van der Waals surface area contributed by atoms with Crippen LogP contribution in [0.5, 0.6) is 0 Å². The first-order valence-corrected chi connectivity index (χ1v) is 4.65. The van der Waals surface area contributed by atoms with Crippen molar-refractivity contribution < 1.29 is 17.9 Å². The van der Waals surface area contributed by atoms with Crippen LogP contribution in [0.15, 0.2) is 0 Å². The first kappa shape index (κ1) is 14.2. The predicted octanol–water partition coefficient (Wildman–Crippen LogP) is 1.80. The standard InChI is InChI=1S/C9H15F3N2O/c1-14(5-2-4-13)6-3-7-15-8-9(10,11)12/h2-3,5-8H2,1H3. The smallest absolute Gasteiger partial charge is 0.372 e. The number of halogens is 3. The van der Waals surface area contributed by atoms with Gasteiger partial charge in [0.25, 0.3) is 0 Å². The van der Waals surface area contributed by atoms with E-state index in [1.165, 1.54) is 0 Å². The molecule has 0 aliphatic heterocycles. The molecule has 0 aromatic rings. The average molecular weight is 224 g/mol. The summed E-state index contributed by atoms with van der Waals surface area (Å²) in [5, 5.41) is 8.29. The van der Waals surface area contributed by atoms with Crippen molar-refractivity contribution in [1.82, 2.24) is 4.90 Å². The molecule has 0 saturated carbocycles. The molecule has 88 valence electrons. The van der Waals surface area contributed by atoms with Crippen molar-refractivity contribution >= 4 is 0 Å². The lowest BCUT2D eigenvalue weighted by molar-refractivity contribution is -0.174. The fraction of sp³-hybridized carbons (Fsp3) is 0.889. The minimum atomic E-state index is -4.24. The molecule has 0 radical (unpaired) electrons. The number of hydrogen-bond acceptors (Lipinski definition) is 3. The highest BCUT2D eigenvalue weighted by atomic mass is 19.4. The quantitative estimate of drug-likeness (QED) is 0.619. The molecule has 3 nitrogen and oxygen atoms in total. The molecule has 0 aromatic heterocycles. The Morgan fingerprint density at radius 2 is 2.00 bits per heavy atom. The van der Waals surface area contributed by atoms with Crippen LogP contribution in [0, 0.1) is 11.3 Å². The highest BCUT2D eigenvalue weighted by Crippen LogP contribution is 2.14. The van der Waals surface area contributed by atoms with Crippen molar-refractivity contribution in [3.05, 3.63) is 0 Å². The molecule has 0 rings (SSSR count). The molecule has 0 aliphatic rings. The Hall–Kier alpha value is -0.800. The topological polar surface area (TPSA) is 36.3 Å². The van der Waals surface area contributed by atoms with Crippen LogP contribution in [0.1, 0.15) is 12.8 Å². The molecular weight excluding hydrogens is 209 g/mol. The zero-order valence-corrected chi connectivity index (χ0v) is 8.68. The van der Waals surface area contributed by atoms with E-state index in [-0.39, 0.29) is 6.61 Å². The van der Waals surface area contributed by atoms with E-state index in [0.29, 0.717) is 25.9 Å². The van der Waals surface area contributed by atoms with E-state index in [4.69, 9.17) is 5.26 Å². The lowest BCUT2D eigenvalue weighted by atomic mass is 10.4. The van der Waals surface area contributed by atoms with Crippen LogP contribution < -0.4 is 0 Å². The molecule has 0 unspecified atom stereocenters. The fourth-order valence-corrected chi connectivity index (χ4v) is 0.977. The van der Waals surface area contributed by atoms with E-state index < -0.39 is 12.8 Å². The lowest BCUT2D eigenvalue weighted by Gasteiger charge is -2.14. The van der Waals surface area contributed by atoms with Gasteiger partial charge in [0.15, 0.2) is 0 Å². The molecule has 0 N–H and O–H groups in total. The molecule has 15 heavy (non-hydrogen) atoms. The largest absolute Gasteiger partial charge is 0.411 e. The van der Waals surface area contributed by atoms with E-state index in [9.17, 15) is 13.2 Å². The molecular formula is C9H15F3N2O. The van der Waals surface area contributed by atoms with Crippen LogP contribution in [0.3, 0.4) is 0 Å². The van der Waals surface area contributed by atoms with E-state index in [1.807, 2.05) is 18.0 Å². The number of nitrogens with zero attached hydrogens (tertiary/aromatic N) is 2. The molecule has 0 atom stereocenters. The van der Waals surface area contributed by atoms with E-state index >= 15 is 0 Å². The van der Waals surface area contributed by atoms with Gasteiger partial charge in [-0.25, -0.2) is 0 Å². The second kappa shape index (κ2) is 7.49. The minimum Gasteiger partial charge on any atom is -0.372 e. The molecule has 0 saturated heterocycles. The van der Waals surface area contributed by atoms with Crippen LogP contribution in [-0.4, -0.2) is 44.4 Å². The fourth-order valence-electron chi connectivity index (χ4n) is 0.977. The second-order valence-electron chi connectivity index (χ2n) is 3.23. The third-order valence-corrected chi connectivity index (χ3v) is 1.70. The van der Waals surface area contributed by atoms with E-state index in [1.54, 1.807) is 0 Å². The minimum absolute atomic E-state index is 0.0937.